The fraction of sp³-hybridized carbons (Fsp3) is 0.875. The van der Waals surface area contributed by atoms with Gasteiger partial charge in [0.15, 0.2) is 0 Å². The van der Waals surface area contributed by atoms with Crippen LogP contribution < -0.4 is 5.73 Å². The maximum absolute atomic E-state index is 11.8. The number of carboxylic acid groups (broad SMARTS) is 1. The number of nitrogens with two attached hydrogens (primary N) is 1. The molecule has 0 amide bonds. The Kier molecular flexibility index (Phi) is 5.32. The van der Waals surface area contributed by atoms with E-state index < -0.39 is 16.8 Å². The van der Waals surface area contributed by atoms with Gasteiger partial charge in [-0.3, -0.25) is 9.18 Å². The van der Waals surface area contributed by atoms with Crippen LogP contribution in [-0.4, -0.2) is 34.3 Å². The quantitative estimate of drug-likeness (QED) is 0.647. The predicted octanol–water partition coefficient (Wildman–Crippen LogP) is 1.27. The zero-order chi connectivity index (χ0) is 10.5. The summed E-state index contributed by atoms with van der Waals surface area (Å²) in [6.45, 7) is 3.15. The smallest absolute Gasteiger partial charge is 0.321 e. The van der Waals surface area contributed by atoms with Gasteiger partial charge in [-0.15, -0.1) is 0 Å². The molecule has 3 N–H and O–H groups in total. The summed E-state index contributed by atoms with van der Waals surface area (Å²) >= 11 is 1.39. The zero-order valence-electron chi connectivity index (χ0n) is 7.92. The van der Waals surface area contributed by atoms with Gasteiger partial charge in [-0.2, -0.15) is 11.8 Å². The zero-order valence-corrected chi connectivity index (χ0v) is 8.73. The molecule has 3 nitrogen and oxygen atoms in total. The maximum atomic E-state index is 11.8. The lowest BCUT2D eigenvalue weighted by Crippen LogP contribution is -2.46. The molecule has 0 rings (SSSR count). The van der Waals surface area contributed by atoms with Gasteiger partial charge >= 0.3 is 5.97 Å². The van der Waals surface area contributed by atoms with E-state index in [1.165, 1.54) is 11.8 Å². The van der Waals surface area contributed by atoms with Crippen molar-refractivity contribution in [2.45, 2.75) is 31.1 Å². The average molecular weight is 209 g/mol. The number of aliphatic carboxylic acids is 1. The lowest BCUT2D eigenvalue weighted by molar-refractivity contribution is -0.139. The summed E-state index contributed by atoms with van der Waals surface area (Å²) in [5.41, 5.74) is 5.46. The highest BCUT2D eigenvalue weighted by Gasteiger charge is 2.32. The summed E-state index contributed by atoms with van der Waals surface area (Å²) in [5, 5.41) is 8.66. The van der Waals surface area contributed by atoms with E-state index >= 15 is 0 Å². The van der Waals surface area contributed by atoms with Crippen molar-refractivity contribution in [3.05, 3.63) is 0 Å². The van der Waals surface area contributed by atoms with Crippen LogP contribution in [0.3, 0.4) is 0 Å². The summed E-state index contributed by atoms with van der Waals surface area (Å²) in [7, 11) is 0. The highest BCUT2D eigenvalue weighted by Crippen LogP contribution is 2.27. The van der Waals surface area contributed by atoms with Gasteiger partial charge < -0.3 is 10.8 Å². The molecule has 0 spiro atoms. The molecule has 0 aliphatic carbocycles. The van der Waals surface area contributed by atoms with Crippen molar-refractivity contribution in [2.24, 2.45) is 5.73 Å². The molecule has 0 saturated heterocycles. The lowest BCUT2D eigenvalue weighted by Gasteiger charge is -2.27. The van der Waals surface area contributed by atoms with Crippen LogP contribution in [0.4, 0.5) is 4.39 Å². The second-order valence-electron chi connectivity index (χ2n) is 3.31. The first-order chi connectivity index (χ1) is 5.91. The van der Waals surface area contributed by atoms with E-state index in [1.54, 1.807) is 13.8 Å². The Morgan fingerprint density at radius 3 is 2.62 bits per heavy atom. The second-order valence-corrected chi connectivity index (χ2v) is 5.06. The number of rotatable bonds is 6. The van der Waals surface area contributed by atoms with Crippen molar-refractivity contribution < 1.29 is 14.3 Å². The lowest BCUT2D eigenvalue weighted by atomic mass is 10.1. The molecule has 1 atom stereocenters. The number of halogens is 1. The first-order valence-electron chi connectivity index (χ1n) is 4.10. The highest BCUT2D eigenvalue weighted by molar-refractivity contribution is 8.00. The molecule has 78 valence electrons. The molecule has 0 fully saturated rings. The van der Waals surface area contributed by atoms with Gasteiger partial charge in [0.1, 0.15) is 6.04 Å². The van der Waals surface area contributed by atoms with Crippen molar-refractivity contribution in [1.29, 1.82) is 0 Å². The third-order valence-corrected chi connectivity index (χ3v) is 3.26. The molecular formula is C8H16FNO2S. The Bertz CT molecular complexity index is 176. The third-order valence-electron chi connectivity index (χ3n) is 1.77. The van der Waals surface area contributed by atoms with Crippen LogP contribution in [0.5, 0.6) is 0 Å². The van der Waals surface area contributed by atoms with Crippen LogP contribution in [0.2, 0.25) is 0 Å². The number of hydrogen-bond acceptors (Lipinski definition) is 3. The number of carboxylic acids is 1. The molecule has 13 heavy (non-hydrogen) atoms. The maximum Gasteiger partial charge on any atom is 0.321 e. The summed E-state index contributed by atoms with van der Waals surface area (Å²) in [6.07, 6.45) is 0.445. The van der Waals surface area contributed by atoms with Crippen LogP contribution in [0, 0.1) is 0 Å². The van der Waals surface area contributed by atoms with E-state index in [0.717, 1.165) is 0 Å². The van der Waals surface area contributed by atoms with E-state index in [1.807, 2.05) is 0 Å². The first-order valence-corrected chi connectivity index (χ1v) is 5.08. The third kappa shape index (κ3) is 4.47. The van der Waals surface area contributed by atoms with Gasteiger partial charge in [0.2, 0.25) is 0 Å². The minimum absolute atomic E-state index is 0.370. The van der Waals surface area contributed by atoms with Crippen LogP contribution in [0.15, 0.2) is 0 Å². The van der Waals surface area contributed by atoms with Gasteiger partial charge in [-0.1, -0.05) is 0 Å². The molecule has 0 aromatic rings. The molecule has 0 saturated carbocycles. The van der Waals surface area contributed by atoms with Gasteiger partial charge in [0.25, 0.3) is 0 Å². The number of thioether (sulfide) groups is 1. The average Bonchev–Trinajstić information content (AvgIpc) is 2.03. The SMILES string of the molecule is CC(C)(SCCCF)[C@@H](N)C(=O)O. The van der Waals surface area contributed by atoms with Crippen LogP contribution in [-0.2, 0) is 4.79 Å². The monoisotopic (exact) mass is 209 g/mol. The molecule has 0 unspecified atom stereocenters. The van der Waals surface area contributed by atoms with Gasteiger partial charge in [-0.25, -0.2) is 0 Å². The van der Waals surface area contributed by atoms with Gasteiger partial charge in [-0.05, 0) is 26.0 Å². The van der Waals surface area contributed by atoms with Crippen molar-refractivity contribution in [3.63, 3.8) is 0 Å². The second kappa shape index (κ2) is 5.44. The normalized spacial score (nSPS) is 14.2. The molecule has 0 aliphatic heterocycles. The largest absolute Gasteiger partial charge is 0.480 e. The van der Waals surface area contributed by atoms with Crippen molar-refractivity contribution in [2.75, 3.05) is 12.4 Å². The minimum Gasteiger partial charge on any atom is -0.480 e. The van der Waals surface area contributed by atoms with E-state index in [9.17, 15) is 9.18 Å². The van der Waals surface area contributed by atoms with Crippen LogP contribution in [0.25, 0.3) is 0 Å². The van der Waals surface area contributed by atoms with Crippen LogP contribution in [0.1, 0.15) is 20.3 Å². The van der Waals surface area contributed by atoms with Gasteiger partial charge in [0, 0.05) is 4.75 Å². The predicted molar refractivity (Wildman–Crippen MR) is 52.7 cm³/mol. The van der Waals surface area contributed by atoms with E-state index in [2.05, 4.69) is 0 Å². The van der Waals surface area contributed by atoms with Crippen LogP contribution >= 0.6 is 11.8 Å². The molecular weight excluding hydrogens is 193 g/mol. The van der Waals surface area contributed by atoms with Crippen molar-refractivity contribution >= 4 is 17.7 Å². The first kappa shape index (κ1) is 12.7. The topological polar surface area (TPSA) is 63.3 Å². The number of alkyl halides is 1. The Labute approximate surface area is 81.9 Å². The minimum atomic E-state index is -1.02. The van der Waals surface area contributed by atoms with Crippen molar-refractivity contribution in [3.8, 4) is 0 Å². The molecule has 0 aromatic carbocycles. The van der Waals surface area contributed by atoms with E-state index in [-0.39, 0.29) is 6.67 Å². The molecule has 0 bridgehead atoms. The van der Waals surface area contributed by atoms with Gasteiger partial charge in [0.05, 0.1) is 6.67 Å². The molecule has 5 heteroatoms. The Balaban J connectivity index is 3.98. The fourth-order valence-corrected chi connectivity index (χ4v) is 1.84. The number of carbonyl (C=O) groups is 1. The summed E-state index contributed by atoms with van der Waals surface area (Å²) in [5.74, 6) is -0.414. The van der Waals surface area contributed by atoms with Crippen molar-refractivity contribution in [1.82, 2.24) is 0 Å². The Hall–Kier alpha value is -0.290. The fourth-order valence-electron chi connectivity index (χ4n) is 0.777. The molecule has 0 aliphatic rings. The summed E-state index contributed by atoms with van der Waals surface area (Å²) < 4.78 is 11.2. The molecule has 0 heterocycles. The Morgan fingerprint density at radius 2 is 2.23 bits per heavy atom. The molecule has 0 aromatic heterocycles. The van der Waals surface area contributed by atoms with E-state index in [4.69, 9.17) is 10.8 Å². The summed E-state index contributed by atoms with van der Waals surface area (Å²) in [4.78, 5) is 10.6. The standard InChI is InChI=1S/C8H16FNO2S/c1-8(2,6(10)7(11)12)13-5-3-4-9/h6H,3-5,10H2,1-2H3,(H,11,12)/t6-/m0/s1. The summed E-state index contributed by atoms with van der Waals surface area (Å²) in [6, 6.07) is -0.905. The Morgan fingerprint density at radius 1 is 1.69 bits per heavy atom. The highest BCUT2D eigenvalue weighted by atomic mass is 32.2. The molecule has 0 radical (unpaired) electrons. The van der Waals surface area contributed by atoms with E-state index in [0.29, 0.717) is 12.2 Å². The number of hydrogen-bond donors (Lipinski definition) is 2.